The molecule has 23 heavy (non-hydrogen) atoms. The van der Waals surface area contributed by atoms with Crippen molar-refractivity contribution in [3.05, 3.63) is 60.2 Å². The van der Waals surface area contributed by atoms with E-state index in [0.717, 1.165) is 10.9 Å². The SMILES string of the molecule is O=C(CS)c1ccc(S(=O)(=O)Nc2cc3ccccc3[nH]2)cc1. The number of ketones is 1. The van der Waals surface area contributed by atoms with Gasteiger partial charge in [0.2, 0.25) is 0 Å². The van der Waals surface area contributed by atoms with Crippen LogP contribution >= 0.6 is 12.6 Å². The van der Waals surface area contributed by atoms with Crippen LogP contribution in [-0.2, 0) is 10.0 Å². The van der Waals surface area contributed by atoms with Gasteiger partial charge in [0.25, 0.3) is 10.0 Å². The third-order valence-electron chi connectivity index (χ3n) is 3.40. The van der Waals surface area contributed by atoms with Crippen LogP contribution in [0.2, 0.25) is 0 Å². The molecule has 118 valence electrons. The van der Waals surface area contributed by atoms with E-state index < -0.39 is 10.0 Å². The smallest absolute Gasteiger partial charge is 0.262 e. The van der Waals surface area contributed by atoms with Gasteiger partial charge in [-0.3, -0.25) is 9.52 Å². The highest BCUT2D eigenvalue weighted by atomic mass is 32.2. The molecule has 2 N–H and O–H groups in total. The van der Waals surface area contributed by atoms with Crippen molar-refractivity contribution in [1.29, 1.82) is 0 Å². The van der Waals surface area contributed by atoms with Crippen LogP contribution < -0.4 is 4.72 Å². The Morgan fingerprint density at radius 3 is 2.43 bits per heavy atom. The van der Waals surface area contributed by atoms with E-state index in [4.69, 9.17) is 0 Å². The van der Waals surface area contributed by atoms with Crippen molar-refractivity contribution in [2.24, 2.45) is 0 Å². The Labute approximate surface area is 139 Å². The lowest BCUT2D eigenvalue weighted by molar-refractivity contribution is 0.102. The molecule has 1 heterocycles. The zero-order valence-electron chi connectivity index (χ0n) is 12.0. The molecule has 0 atom stereocenters. The third-order valence-corrected chi connectivity index (χ3v) is 5.07. The number of rotatable bonds is 5. The van der Waals surface area contributed by atoms with Crippen LogP contribution in [0.1, 0.15) is 10.4 Å². The topological polar surface area (TPSA) is 79.0 Å². The van der Waals surface area contributed by atoms with E-state index in [9.17, 15) is 13.2 Å². The van der Waals surface area contributed by atoms with Gasteiger partial charge in [0.15, 0.2) is 5.78 Å². The summed E-state index contributed by atoms with van der Waals surface area (Å²) in [6.45, 7) is 0. The monoisotopic (exact) mass is 346 g/mol. The Balaban J connectivity index is 1.87. The van der Waals surface area contributed by atoms with Crippen LogP contribution in [0.15, 0.2) is 59.5 Å². The van der Waals surface area contributed by atoms with Gasteiger partial charge in [-0.1, -0.05) is 30.3 Å². The van der Waals surface area contributed by atoms with Crippen LogP contribution in [0.3, 0.4) is 0 Å². The first-order valence-electron chi connectivity index (χ1n) is 6.84. The molecule has 0 radical (unpaired) electrons. The first-order valence-corrected chi connectivity index (χ1v) is 8.96. The maximum Gasteiger partial charge on any atom is 0.262 e. The van der Waals surface area contributed by atoms with E-state index in [1.54, 1.807) is 6.07 Å². The number of anilines is 1. The van der Waals surface area contributed by atoms with E-state index in [0.29, 0.717) is 11.4 Å². The van der Waals surface area contributed by atoms with Crippen molar-refractivity contribution in [2.45, 2.75) is 4.90 Å². The number of Topliss-reactive ketones (excluding diaryl/α,β-unsaturated/α-hetero) is 1. The molecular formula is C16H14N2O3S2. The number of thiol groups is 1. The number of hydrogen-bond donors (Lipinski definition) is 3. The van der Waals surface area contributed by atoms with E-state index in [1.807, 2.05) is 24.3 Å². The van der Waals surface area contributed by atoms with E-state index in [2.05, 4.69) is 22.3 Å². The first-order chi connectivity index (χ1) is 11.0. The second-order valence-electron chi connectivity index (χ2n) is 4.98. The summed E-state index contributed by atoms with van der Waals surface area (Å²) in [7, 11) is -3.72. The van der Waals surface area contributed by atoms with Crippen LogP contribution in [-0.4, -0.2) is 24.9 Å². The van der Waals surface area contributed by atoms with Crippen molar-refractivity contribution in [3.63, 3.8) is 0 Å². The van der Waals surface area contributed by atoms with Crippen LogP contribution in [0.5, 0.6) is 0 Å². The number of aromatic nitrogens is 1. The summed E-state index contributed by atoms with van der Waals surface area (Å²) in [6, 6.07) is 15.0. The number of H-pyrrole nitrogens is 1. The zero-order chi connectivity index (χ0) is 16.4. The standard InChI is InChI=1S/C16H14N2O3S2/c19-15(10-22)11-5-7-13(8-6-11)23(20,21)18-16-9-12-3-1-2-4-14(12)17-16/h1-9,17-18,22H,10H2. The number of carbonyl (C=O) groups is 1. The third kappa shape index (κ3) is 3.25. The summed E-state index contributed by atoms with van der Waals surface area (Å²) in [6.07, 6.45) is 0. The van der Waals surface area contributed by atoms with Gasteiger partial charge in [-0.25, -0.2) is 8.42 Å². The minimum atomic E-state index is -3.72. The molecule has 0 saturated carbocycles. The number of benzene rings is 2. The number of fused-ring (bicyclic) bond motifs is 1. The minimum absolute atomic E-state index is 0.0827. The van der Waals surface area contributed by atoms with Crippen molar-refractivity contribution < 1.29 is 13.2 Å². The molecule has 0 aliphatic heterocycles. The van der Waals surface area contributed by atoms with Gasteiger partial charge >= 0.3 is 0 Å². The predicted octanol–water partition coefficient (Wildman–Crippen LogP) is 3.08. The Morgan fingerprint density at radius 1 is 1.09 bits per heavy atom. The van der Waals surface area contributed by atoms with Gasteiger partial charge < -0.3 is 4.98 Å². The van der Waals surface area contributed by atoms with Crippen LogP contribution in [0, 0.1) is 0 Å². The number of hydrogen-bond acceptors (Lipinski definition) is 4. The highest BCUT2D eigenvalue weighted by Crippen LogP contribution is 2.21. The maximum absolute atomic E-state index is 12.4. The molecule has 0 unspecified atom stereocenters. The second kappa shape index (κ2) is 6.10. The molecule has 0 bridgehead atoms. The van der Waals surface area contributed by atoms with Gasteiger partial charge in [-0.05, 0) is 24.3 Å². The van der Waals surface area contributed by atoms with Crippen molar-refractivity contribution in [1.82, 2.24) is 4.98 Å². The molecule has 0 amide bonds. The quantitative estimate of drug-likeness (QED) is 0.491. The lowest BCUT2D eigenvalue weighted by atomic mass is 10.1. The molecule has 0 aliphatic carbocycles. The van der Waals surface area contributed by atoms with Crippen molar-refractivity contribution >= 4 is 45.2 Å². The Morgan fingerprint density at radius 2 is 1.78 bits per heavy atom. The summed E-state index contributed by atoms with van der Waals surface area (Å²) in [4.78, 5) is 14.6. The number of para-hydroxylation sites is 1. The molecule has 3 rings (SSSR count). The summed E-state index contributed by atoms with van der Waals surface area (Å²) >= 11 is 3.92. The molecule has 7 heteroatoms. The average molecular weight is 346 g/mol. The average Bonchev–Trinajstić information content (AvgIpc) is 2.95. The minimum Gasteiger partial charge on any atom is -0.341 e. The Hall–Kier alpha value is -2.25. The van der Waals surface area contributed by atoms with E-state index in [1.165, 1.54) is 24.3 Å². The molecular weight excluding hydrogens is 332 g/mol. The van der Waals surface area contributed by atoms with Crippen molar-refractivity contribution in [2.75, 3.05) is 10.5 Å². The predicted molar refractivity (Wildman–Crippen MR) is 93.7 cm³/mol. The fraction of sp³-hybridized carbons (Fsp3) is 0.0625. The number of sulfonamides is 1. The molecule has 0 aliphatic rings. The van der Waals surface area contributed by atoms with Crippen LogP contribution in [0.25, 0.3) is 10.9 Å². The fourth-order valence-electron chi connectivity index (χ4n) is 2.24. The van der Waals surface area contributed by atoms with E-state index in [-0.39, 0.29) is 16.4 Å². The molecule has 2 aromatic carbocycles. The highest BCUT2D eigenvalue weighted by molar-refractivity contribution is 7.92. The largest absolute Gasteiger partial charge is 0.341 e. The molecule has 3 aromatic rings. The summed E-state index contributed by atoms with van der Waals surface area (Å²) in [5, 5.41) is 0.917. The van der Waals surface area contributed by atoms with Gasteiger partial charge in [0, 0.05) is 16.5 Å². The van der Waals surface area contributed by atoms with Gasteiger partial charge in [-0.15, -0.1) is 0 Å². The van der Waals surface area contributed by atoms with Crippen LogP contribution in [0.4, 0.5) is 5.82 Å². The lowest BCUT2D eigenvalue weighted by Gasteiger charge is -2.06. The number of carbonyl (C=O) groups excluding carboxylic acids is 1. The molecule has 0 spiro atoms. The highest BCUT2D eigenvalue weighted by Gasteiger charge is 2.16. The summed E-state index contributed by atoms with van der Waals surface area (Å²) in [5.74, 6) is 0.321. The van der Waals surface area contributed by atoms with Gasteiger partial charge in [0.1, 0.15) is 5.82 Å². The Kier molecular flexibility index (Phi) is 4.14. The Bertz CT molecular complexity index is 927. The molecule has 5 nitrogen and oxygen atoms in total. The number of aromatic amines is 1. The van der Waals surface area contributed by atoms with Gasteiger partial charge in [-0.2, -0.15) is 12.6 Å². The fourth-order valence-corrected chi connectivity index (χ4v) is 3.44. The zero-order valence-corrected chi connectivity index (χ0v) is 13.7. The van der Waals surface area contributed by atoms with Gasteiger partial charge in [0.05, 0.1) is 10.6 Å². The molecule has 0 fully saturated rings. The molecule has 0 saturated heterocycles. The summed E-state index contributed by atoms with van der Waals surface area (Å²) < 4.78 is 27.3. The second-order valence-corrected chi connectivity index (χ2v) is 6.98. The molecule has 1 aromatic heterocycles. The maximum atomic E-state index is 12.4. The van der Waals surface area contributed by atoms with Crippen molar-refractivity contribution in [3.8, 4) is 0 Å². The summed E-state index contributed by atoms with van der Waals surface area (Å²) in [5.41, 5.74) is 1.28. The van der Waals surface area contributed by atoms with E-state index >= 15 is 0 Å². The lowest BCUT2D eigenvalue weighted by Crippen LogP contribution is -2.13. The first kappa shape index (κ1) is 15.6. The normalized spacial score (nSPS) is 11.5. The number of nitrogens with one attached hydrogen (secondary N) is 2.